The van der Waals surface area contributed by atoms with E-state index in [0.717, 1.165) is 52.3 Å². The largest absolute Gasteiger partial charge is 0.494 e. The first-order valence-electron chi connectivity index (χ1n) is 16.8. The number of rotatable bonds is 6. The minimum atomic E-state index is -1.14. The molecule has 11 heteroatoms. The van der Waals surface area contributed by atoms with Crippen molar-refractivity contribution in [1.29, 1.82) is 0 Å². The van der Waals surface area contributed by atoms with Crippen LogP contribution in [0.3, 0.4) is 0 Å². The molecule has 1 saturated carbocycles. The van der Waals surface area contributed by atoms with Gasteiger partial charge in [0.25, 0.3) is 5.91 Å². The van der Waals surface area contributed by atoms with Crippen LogP contribution >= 0.6 is 0 Å². The van der Waals surface area contributed by atoms with Crippen molar-refractivity contribution in [2.75, 3.05) is 26.7 Å². The third-order valence-corrected chi connectivity index (χ3v) is 10.2. The Morgan fingerprint density at radius 1 is 1.06 bits per heavy atom. The van der Waals surface area contributed by atoms with Crippen LogP contribution < -0.4 is 10.5 Å². The van der Waals surface area contributed by atoms with Crippen LogP contribution in [0.25, 0.3) is 44.8 Å². The Kier molecular flexibility index (Phi) is 7.47. The van der Waals surface area contributed by atoms with Crippen LogP contribution in [0.15, 0.2) is 48.5 Å². The van der Waals surface area contributed by atoms with Gasteiger partial charge in [-0.2, -0.15) is 0 Å². The number of aryl methyl sites for hydroxylation is 1. The molecule has 3 aliphatic rings. The summed E-state index contributed by atoms with van der Waals surface area (Å²) in [4.78, 5) is 39.4. The first kappa shape index (κ1) is 30.6. The Labute approximate surface area is 278 Å². The van der Waals surface area contributed by atoms with Crippen molar-refractivity contribution in [2.45, 2.75) is 57.9 Å². The molecule has 2 atom stereocenters. The third-order valence-electron chi connectivity index (χ3n) is 10.2. The number of aromatic nitrogens is 4. The molecule has 1 saturated heterocycles. The molecule has 0 spiro atoms. The van der Waals surface area contributed by atoms with E-state index < -0.39 is 12.2 Å². The first-order chi connectivity index (χ1) is 23.2. The molecule has 2 aromatic carbocycles. The van der Waals surface area contributed by atoms with E-state index in [9.17, 15) is 14.0 Å². The molecular formula is C37H40FN7O3. The van der Waals surface area contributed by atoms with Gasteiger partial charge in [0.1, 0.15) is 23.1 Å². The number of likely N-dealkylation sites (tertiary alicyclic amines) is 1. The van der Waals surface area contributed by atoms with E-state index in [1.165, 1.54) is 28.9 Å². The van der Waals surface area contributed by atoms with Crippen LogP contribution in [0, 0.1) is 5.92 Å². The lowest BCUT2D eigenvalue weighted by molar-refractivity contribution is -0.129. The highest BCUT2D eigenvalue weighted by Gasteiger charge is 2.31. The van der Waals surface area contributed by atoms with Crippen LogP contribution in [0.5, 0.6) is 5.75 Å². The van der Waals surface area contributed by atoms with Crippen molar-refractivity contribution in [2.24, 2.45) is 18.7 Å². The van der Waals surface area contributed by atoms with Crippen LogP contribution in [0.2, 0.25) is 0 Å². The number of hydrogen-bond donors (Lipinski definition) is 1. The molecule has 0 radical (unpaired) electrons. The van der Waals surface area contributed by atoms with Crippen molar-refractivity contribution < 1.29 is 18.7 Å². The Bertz CT molecular complexity index is 2090. The number of piperidine rings is 1. The summed E-state index contributed by atoms with van der Waals surface area (Å²) in [6, 6.07) is 15.8. The molecule has 2 aliphatic heterocycles. The number of hydrogen-bond acceptors (Lipinski definition) is 6. The van der Waals surface area contributed by atoms with Crippen molar-refractivity contribution >= 4 is 33.9 Å². The zero-order valence-electron chi connectivity index (χ0n) is 27.6. The Balaban J connectivity index is 1.22. The second kappa shape index (κ2) is 11.7. The predicted octanol–water partition coefficient (Wildman–Crippen LogP) is 5.09. The molecule has 3 aromatic heterocycles. The van der Waals surface area contributed by atoms with Gasteiger partial charge in [-0.1, -0.05) is 18.2 Å². The van der Waals surface area contributed by atoms with E-state index in [-0.39, 0.29) is 24.8 Å². The van der Waals surface area contributed by atoms with Gasteiger partial charge < -0.3 is 29.4 Å². The summed E-state index contributed by atoms with van der Waals surface area (Å²) in [5.74, 6) is 1.67. The number of nitrogens with zero attached hydrogens (tertiary/aromatic N) is 6. The van der Waals surface area contributed by atoms with Crippen LogP contribution in [0.1, 0.15) is 47.7 Å². The van der Waals surface area contributed by atoms with Gasteiger partial charge in [-0.15, -0.1) is 0 Å². The number of benzene rings is 2. The number of fused-ring (bicyclic) bond motifs is 3. The lowest BCUT2D eigenvalue weighted by Crippen LogP contribution is -2.50. The van der Waals surface area contributed by atoms with E-state index in [0.29, 0.717) is 42.4 Å². The Morgan fingerprint density at radius 2 is 1.90 bits per heavy atom. The first-order valence-corrected chi connectivity index (χ1v) is 16.8. The summed E-state index contributed by atoms with van der Waals surface area (Å²) < 4.78 is 24.4. The SMILES string of the molecule is COc1cc(C(=O)N2C[C@H](N)C[C@@H](F)C2)cc2nc(-c3cc4ccc(-c5cccc6c5CCN(C(C)=O)C6)nc4n3CC3CC3)n(C)c12. The lowest BCUT2D eigenvalue weighted by Gasteiger charge is -2.33. The fraction of sp³-hybridized carbons (Fsp3) is 0.405. The molecule has 1 aliphatic carbocycles. The third kappa shape index (κ3) is 5.30. The maximum atomic E-state index is 14.3. The molecule has 48 heavy (non-hydrogen) atoms. The van der Waals surface area contributed by atoms with Crippen molar-refractivity contribution in [3.05, 3.63) is 65.2 Å². The normalized spacial score (nSPS) is 19.6. The van der Waals surface area contributed by atoms with Crippen LogP contribution in [0.4, 0.5) is 4.39 Å². The fourth-order valence-corrected chi connectivity index (χ4v) is 7.57. The minimum Gasteiger partial charge on any atom is -0.494 e. The van der Waals surface area contributed by atoms with E-state index in [2.05, 4.69) is 41.0 Å². The van der Waals surface area contributed by atoms with Gasteiger partial charge in [0, 0.05) is 62.7 Å². The number of amides is 2. The van der Waals surface area contributed by atoms with Gasteiger partial charge in [0.15, 0.2) is 5.82 Å². The highest BCUT2D eigenvalue weighted by atomic mass is 19.1. The summed E-state index contributed by atoms with van der Waals surface area (Å²) in [6.45, 7) is 4.12. The molecule has 5 heterocycles. The summed E-state index contributed by atoms with van der Waals surface area (Å²) in [5.41, 5.74) is 14.1. The molecule has 248 valence electrons. The smallest absolute Gasteiger partial charge is 0.254 e. The summed E-state index contributed by atoms with van der Waals surface area (Å²) >= 11 is 0. The van der Waals surface area contributed by atoms with Gasteiger partial charge in [-0.25, -0.2) is 14.4 Å². The maximum Gasteiger partial charge on any atom is 0.254 e. The Hall–Kier alpha value is -4.77. The highest BCUT2D eigenvalue weighted by molar-refractivity contribution is 6.00. The van der Waals surface area contributed by atoms with E-state index in [1.807, 2.05) is 16.5 Å². The minimum absolute atomic E-state index is 0.0270. The Morgan fingerprint density at radius 3 is 2.65 bits per heavy atom. The van der Waals surface area contributed by atoms with Gasteiger partial charge in [-0.05, 0) is 73.1 Å². The monoisotopic (exact) mass is 649 g/mol. The number of halogens is 1. The number of imidazole rings is 1. The number of carbonyl (C=O) groups is 2. The van der Waals surface area contributed by atoms with Crippen molar-refractivity contribution in [3.63, 3.8) is 0 Å². The van der Waals surface area contributed by atoms with Gasteiger partial charge in [-0.3, -0.25) is 9.59 Å². The van der Waals surface area contributed by atoms with E-state index in [1.54, 1.807) is 26.2 Å². The highest BCUT2D eigenvalue weighted by Crippen LogP contribution is 2.39. The summed E-state index contributed by atoms with van der Waals surface area (Å²) in [5, 5.41) is 1.03. The lowest BCUT2D eigenvalue weighted by atomic mass is 9.92. The second-order valence-corrected chi connectivity index (χ2v) is 13.7. The number of nitrogens with two attached hydrogens (primary N) is 1. The molecule has 2 N–H and O–H groups in total. The van der Waals surface area contributed by atoms with Gasteiger partial charge >= 0.3 is 0 Å². The summed E-state index contributed by atoms with van der Waals surface area (Å²) in [6.07, 6.45) is 2.27. The van der Waals surface area contributed by atoms with Crippen LogP contribution in [-0.4, -0.2) is 79.7 Å². The number of pyridine rings is 1. The zero-order chi connectivity index (χ0) is 33.3. The van der Waals surface area contributed by atoms with Crippen LogP contribution in [-0.2, 0) is 31.4 Å². The number of carbonyl (C=O) groups excluding carboxylic acids is 2. The molecule has 2 amide bonds. The predicted molar refractivity (Wildman–Crippen MR) is 182 cm³/mol. The quantitative estimate of drug-likeness (QED) is 0.274. The zero-order valence-corrected chi connectivity index (χ0v) is 27.6. The second-order valence-electron chi connectivity index (χ2n) is 13.7. The standard InChI is InChI=1S/C37H40FN7O3/c1-21(46)43-12-11-28-24(18-43)5-4-6-29(28)30-10-9-23-14-32(45(35(23)40-30)17-22-7-8-22)36-41-31-13-25(15-33(48-3)34(31)42(36)2)37(47)44-19-26(38)16-27(39)20-44/h4-6,9-10,13-15,22,26-27H,7-8,11-12,16-20,39H2,1-3H3/t26-,27-/m1/s1. The van der Waals surface area contributed by atoms with Crippen molar-refractivity contribution in [1.82, 2.24) is 28.9 Å². The van der Waals surface area contributed by atoms with E-state index >= 15 is 0 Å². The van der Waals surface area contributed by atoms with Crippen molar-refractivity contribution in [3.8, 4) is 28.5 Å². The van der Waals surface area contributed by atoms with Gasteiger partial charge in [0.2, 0.25) is 5.91 Å². The average Bonchev–Trinajstić information content (AvgIpc) is 3.75. The fourth-order valence-electron chi connectivity index (χ4n) is 7.57. The molecule has 10 nitrogen and oxygen atoms in total. The molecule has 0 unspecified atom stereocenters. The van der Waals surface area contributed by atoms with Gasteiger partial charge in [0.05, 0.1) is 30.6 Å². The topological polar surface area (TPSA) is 112 Å². The molecule has 5 aromatic rings. The maximum absolute atomic E-state index is 14.3. The number of alkyl halides is 1. The molecular weight excluding hydrogens is 609 g/mol. The summed E-state index contributed by atoms with van der Waals surface area (Å²) in [7, 11) is 3.55. The average molecular weight is 650 g/mol. The molecule has 0 bridgehead atoms. The van der Waals surface area contributed by atoms with E-state index in [4.69, 9.17) is 20.4 Å². The molecule has 2 fully saturated rings. The molecule has 8 rings (SSSR count). The number of ether oxygens (including phenoxy) is 1. The number of methoxy groups -OCH3 is 1.